The van der Waals surface area contributed by atoms with Crippen molar-refractivity contribution in [2.24, 2.45) is 0 Å². The molecular weight excluding hydrogens is 432 g/mol. The van der Waals surface area contributed by atoms with Crippen molar-refractivity contribution in [1.82, 2.24) is 10.2 Å². The lowest BCUT2D eigenvalue weighted by Crippen LogP contribution is -2.60. The van der Waals surface area contributed by atoms with Gasteiger partial charge in [-0.1, -0.05) is 55.5 Å². The standard InChI is InChI=1S/C27H32N2O5/c1-3-27(2,25(32)29-15-9-8-10-18(29)16-24(30)31)28-26(33)34-17-23-21-13-6-4-11-19(21)20-12-5-7-14-22(20)23/h4-7,11-14,18,23H,3,8-10,15-17H2,1-2H3,(H,28,33)(H,30,31). The number of hydrogen-bond donors (Lipinski definition) is 2. The van der Waals surface area contributed by atoms with E-state index in [2.05, 4.69) is 29.6 Å². The van der Waals surface area contributed by atoms with Crippen molar-refractivity contribution < 1.29 is 24.2 Å². The molecule has 0 saturated carbocycles. The zero-order valence-electron chi connectivity index (χ0n) is 19.8. The first-order valence-electron chi connectivity index (χ1n) is 12.0. The first kappa shape index (κ1) is 23.8. The number of rotatable bonds is 7. The first-order chi connectivity index (χ1) is 16.3. The number of benzene rings is 2. The van der Waals surface area contributed by atoms with E-state index in [1.165, 1.54) is 0 Å². The zero-order valence-corrected chi connectivity index (χ0v) is 19.8. The number of likely N-dealkylation sites (tertiary alicyclic amines) is 1. The summed E-state index contributed by atoms with van der Waals surface area (Å²) < 4.78 is 5.65. The summed E-state index contributed by atoms with van der Waals surface area (Å²) in [5, 5.41) is 12.0. The van der Waals surface area contributed by atoms with Crippen LogP contribution in [0.1, 0.15) is 63.0 Å². The van der Waals surface area contributed by atoms with E-state index in [0.717, 1.165) is 35.1 Å². The Morgan fingerprint density at radius 2 is 1.68 bits per heavy atom. The average Bonchev–Trinajstić information content (AvgIpc) is 3.16. The molecule has 1 saturated heterocycles. The molecule has 2 aliphatic rings. The molecule has 180 valence electrons. The number of carbonyl (C=O) groups excluding carboxylic acids is 2. The third kappa shape index (κ3) is 4.65. The minimum Gasteiger partial charge on any atom is -0.481 e. The van der Waals surface area contributed by atoms with E-state index in [1.807, 2.05) is 31.2 Å². The Balaban J connectivity index is 1.44. The molecule has 1 aliphatic heterocycles. The Hall–Kier alpha value is -3.35. The lowest BCUT2D eigenvalue weighted by atomic mass is 9.92. The second-order valence-electron chi connectivity index (χ2n) is 9.38. The van der Waals surface area contributed by atoms with Crippen molar-refractivity contribution in [3.8, 4) is 11.1 Å². The molecule has 2 amide bonds. The number of aliphatic carboxylic acids is 1. The molecule has 0 aromatic heterocycles. The summed E-state index contributed by atoms with van der Waals surface area (Å²) in [7, 11) is 0. The molecule has 7 nitrogen and oxygen atoms in total. The summed E-state index contributed by atoms with van der Waals surface area (Å²) in [6, 6.07) is 15.9. The Morgan fingerprint density at radius 3 is 2.26 bits per heavy atom. The van der Waals surface area contributed by atoms with Gasteiger partial charge in [0.25, 0.3) is 0 Å². The molecule has 1 heterocycles. The first-order valence-corrected chi connectivity index (χ1v) is 12.0. The second-order valence-corrected chi connectivity index (χ2v) is 9.38. The summed E-state index contributed by atoms with van der Waals surface area (Å²) in [5.41, 5.74) is 3.37. The Kier molecular flexibility index (Phi) is 6.91. The van der Waals surface area contributed by atoms with Crippen molar-refractivity contribution in [2.45, 2.75) is 63.5 Å². The highest BCUT2D eigenvalue weighted by Gasteiger charge is 2.41. The van der Waals surface area contributed by atoms with Gasteiger partial charge in [0.1, 0.15) is 12.1 Å². The van der Waals surface area contributed by atoms with Crippen LogP contribution in [0.3, 0.4) is 0 Å². The van der Waals surface area contributed by atoms with Crippen LogP contribution in [0.4, 0.5) is 4.79 Å². The maximum absolute atomic E-state index is 13.4. The fourth-order valence-electron chi connectivity index (χ4n) is 5.15. The van der Waals surface area contributed by atoms with Crippen molar-refractivity contribution >= 4 is 18.0 Å². The number of alkyl carbamates (subject to hydrolysis) is 1. The number of nitrogens with one attached hydrogen (secondary N) is 1. The van der Waals surface area contributed by atoms with Crippen molar-refractivity contribution in [3.05, 3.63) is 59.7 Å². The van der Waals surface area contributed by atoms with E-state index in [9.17, 15) is 19.5 Å². The van der Waals surface area contributed by atoms with E-state index in [4.69, 9.17) is 4.74 Å². The predicted molar refractivity (Wildman–Crippen MR) is 129 cm³/mol. The number of hydrogen-bond acceptors (Lipinski definition) is 4. The van der Waals surface area contributed by atoms with Crippen molar-refractivity contribution in [2.75, 3.05) is 13.2 Å². The number of nitrogens with zero attached hydrogens (tertiary/aromatic N) is 1. The van der Waals surface area contributed by atoms with Crippen LogP contribution in [0.5, 0.6) is 0 Å². The van der Waals surface area contributed by atoms with E-state index in [1.54, 1.807) is 11.8 Å². The molecule has 2 aromatic rings. The van der Waals surface area contributed by atoms with Crippen LogP contribution in [-0.2, 0) is 14.3 Å². The van der Waals surface area contributed by atoms with Crippen LogP contribution in [0.15, 0.2) is 48.5 Å². The zero-order chi connectivity index (χ0) is 24.3. The van der Waals surface area contributed by atoms with E-state index in [-0.39, 0.29) is 30.9 Å². The van der Waals surface area contributed by atoms with E-state index >= 15 is 0 Å². The van der Waals surface area contributed by atoms with Gasteiger partial charge in [-0.15, -0.1) is 0 Å². The molecule has 1 fully saturated rings. The van der Waals surface area contributed by atoms with Gasteiger partial charge in [0.05, 0.1) is 6.42 Å². The molecule has 34 heavy (non-hydrogen) atoms. The molecule has 2 N–H and O–H groups in total. The quantitative estimate of drug-likeness (QED) is 0.627. The third-order valence-electron chi connectivity index (χ3n) is 7.20. The lowest BCUT2D eigenvalue weighted by molar-refractivity contribution is -0.145. The Bertz CT molecular complexity index is 1040. The highest BCUT2D eigenvalue weighted by molar-refractivity contribution is 5.90. The summed E-state index contributed by atoms with van der Waals surface area (Å²) >= 11 is 0. The fraction of sp³-hybridized carbons (Fsp3) is 0.444. The molecule has 0 spiro atoms. The number of amides is 2. The smallest absolute Gasteiger partial charge is 0.408 e. The minimum atomic E-state index is -1.17. The summed E-state index contributed by atoms with van der Waals surface area (Å²) in [6.07, 6.45) is 2.01. The van der Waals surface area contributed by atoms with Crippen LogP contribution < -0.4 is 5.32 Å². The summed E-state index contributed by atoms with van der Waals surface area (Å²) in [6.45, 7) is 4.18. The fourth-order valence-corrected chi connectivity index (χ4v) is 5.15. The van der Waals surface area contributed by atoms with Crippen LogP contribution >= 0.6 is 0 Å². The largest absolute Gasteiger partial charge is 0.481 e. The SMILES string of the molecule is CCC(C)(NC(=O)OCC1c2ccccc2-c2ccccc21)C(=O)N1CCCCC1CC(=O)O. The van der Waals surface area contributed by atoms with Crippen LogP contribution in [0.2, 0.25) is 0 Å². The Labute approximate surface area is 200 Å². The van der Waals surface area contributed by atoms with Gasteiger partial charge < -0.3 is 20.1 Å². The maximum Gasteiger partial charge on any atom is 0.408 e. The molecule has 0 radical (unpaired) electrons. The number of carboxylic acids is 1. The molecule has 4 rings (SSSR count). The number of carboxylic acid groups (broad SMARTS) is 1. The Morgan fingerprint density at radius 1 is 1.06 bits per heavy atom. The second kappa shape index (κ2) is 9.87. The molecule has 7 heteroatoms. The van der Waals surface area contributed by atoms with Crippen LogP contribution in [0, 0.1) is 0 Å². The highest BCUT2D eigenvalue weighted by Crippen LogP contribution is 2.44. The lowest BCUT2D eigenvalue weighted by Gasteiger charge is -2.40. The van der Waals surface area contributed by atoms with Gasteiger partial charge in [0, 0.05) is 18.5 Å². The van der Waals surface area contributed by atoms with Crippen molar-refractivity contribution in [3.63, 3.8) is 0 Å². The highest BCUT2D eigenvalue weighted by atomic mass is 16.5. The van der Waals surface area contributed by atoms with Gasteiger partial charge in [0.2, 0.25) is 5.91 Å². The van der Waals surface area contributed by atoms with E-state index < -0.39 is 17.6 Å². The molecule has 2 aromatic carbocycles. The molecule has 1 aliphatic carbocycles. The molecule has 2 atom stereocenters. The van der Waals surface area contributed by atoms with Gasteiger partial charge in [-0.2, -0.15) is 0 Å². The van der Waals surface area contributed by atoms with Crippen molar-refractivity contribution in [1.29, 1.82) is 0 Å². The molecule has 0 bridgehead atoms. The van der Waals surface area contributed by atoms with Gasteiger partial charge in [-0.25, -0.2) is 4.79 Å². The maximum atomic E-state index is 13.4. The molecule has 2 unspecified atom stereocenters. The van der Waals surface area contributed by atoms with Gasteiger partial charge in [-0.05, 0) is 54.9 Å². The number of ether oxygens (including phenoxy) is 1. The number of carbonyl (C=O) groups is 3. The van der Waals surface area contributed by atoms with Gasteiger partial charge in [-0.3, -0.25) is 9.59 Å². The van der Waals surface area contributed by atoms with Gasteiger partial charge in [0.15, 0.2) is 0 Å². The monoisotopic (exact) mass is 464 g/mol. The molecular formula is C27H32N2O5. The topological polar surface area (TPSA) is 95.9 Å². The summed E-state index contributed by atoms with van der Waals surface area (Å²) in [4.78, 5) is 39.2. The predicted octanol–water partition coefficient (Wildman–Crippen LogP) is 4.55. The third-order valence-corrected chi connectivity index (χ3v) is 7.20. The normalized spacial score (nSPS) is 19.0. The minimum absolute atomic E-state index is 0.0659. The summed E-state index contributed by atoms with van der Waals surface area (Å²) in [5.74, 6) is -1.24. The van der Waals surface area contributed by atoms with Crippen LogP contribution in [-0.4, -0.2) is 52.7 Å². The van der Waals surface area contributed by atoms with Crippen LogP contribution in [0.25, 0.3) is 11.1 Å². The average molecular weight is 465 g/mol. The van der Waals surface area contributed by atoms with E-state index in [0.29, 0.717) is 19.4 Å². The van der Waals surface area contributed by atoms with Gasteiger partial charge >= 0.3 is 12.1 Å². The number of piperidine rings is 1. The number of fused-ring (bicyclic) bond motifs is 3.